The van der Waals surface area contributed by atoms with Gasteiger partial charge in [0.05, 0.1) is 11.1 Å². The number of carboxylic acids is 1. The molecule has 6 nitrogen and oxygen atoms in total. The molecule has 0 atom stereocenters. The van der Waals surface area contributed by atoms with E-state index in [-0.39, 0.29) is 11.5 Å². The maximum atomic E-state index is 11.7. The first kappa shape index (κ1) is 18.5. The van der Waals surface area contributed by atoms with Gasteiger partial charge in [0.15, 0.2) is 0 Å². The number of carbonyl (C=O) groups excluding carboxylic acids is 1. The summed E-state index contributed by atoms with van der Waals surface area (Å²) in [6.07, 6.45) is 0. The molecule has 0 unspecified atom stereocenters. The van der Waals surface area contributed by atoms with Crippen LogP contribution in [0.4, 0.5) is 11.4 Å². The molecule has 0 aliphatic rings. The lowest BCUT2D eigenvalue weighted by molar-refractivity contribution is 0.0694. The normalized spacial score (nSPS) is 9.54. The van der Waals surface area contributed by atoms with Gasteiger partial charge in [-0.1, -0.05) is 18.2 Å². The van der Waals surface area contributed by atoms with E-state index in [4.69, 9.17) is 21.3 Å². The van der Waals surface area contributed by atoms with Gasteiger partial charge < -0.3 is 21.3 Å². The van der Waals surface area contributed by atoms with Crippen molar-refractivity contribution in [3.05, 3.63) is 90.0 Å². The fraction of sp³-hybridized carbons (Fsp3) is 0. The van der Waals surface area contributed by atoms with E-state index in [9.17, 15) is 9.59 Å². The average Bonchev–Trinajstić information content (AvgIpc) is 2.64. The number of esters is 1. The highest BCUT2D eigenvalue weighted by atomic mass is 16.5. The van der Waals surface area contributed by atoms with Crippen LogP contribution in [-0.2, 0) is 0 Å². The topological polar surface area (TPSA) is 116 Å². The molecule has 3 aromatic rings. The SMILES string of the molecule is Nc1ccc(C(=O)O)cc1.Nc1ccc(C(=O)Oc2ccccc2)cc1. The lowest BCUT2D eigenvalue weighted by Crippen LogP contribution is -2.08. The van der Waals surface area contributed by atoms with E-state index in [1.54, 1.807) is 48.5 Å². The van der Waals surface area contributed by atoms with Crippen LogP contribution < -0.4 is 16.2 Å². The minimum absolute atomic E-state index is 0.259. The Morgan fingerprint density at radius 3 is 1.62 bits per heavy atom. The number of aromatic carboxylic acids is 1. The molecule has 0 aliphatic heterocycles. The third-order valence-corrected chi connectivity index (χ3v) is 3.26. The Balaban J connectivity index is 0.000000209. The molecule has 3 rings (SSSR count). The highest BCUT2D eigenvalue weighted by molar-refractivity contribution is 5.91. The number of nitrogen functional groups attached to an aromatic ring is 2. The first-order valence-corrected chi connectivity index (χ1v) is 7.67. The van der Waals surface area contributed by atoms with Crippen LogP contribution >= 0.6 is 0 Å². The summed E-state index contributed by atoms with van der Waals surface area (Å²) in [5.74, 6) is -0.782. The molecule has 26 heavy (non-hydrogen) atoms. The predicted octanol–water partition coefficient (Wildman–Crippen LogP) is 3.46. The largest absolute Gasteiger partial charge is 0.478 e. The molecule has 0 radical (unpaired) electrons. The summed E-state index contributed by atoms with van der Waals surface area (Å²) < 4.78 is 5.16. The molecule has 0 aliphatic carbocycles. The fourth-order valence-corrected chi connectivity index (χ4v) is 1.90. The van der Waals surface area contributed by atoms with Crippen LogP contribution in [0.3, 0.4) is 0 Å². The molecule has 0 saturated carbocycles. The van der Waals surface area contributed by atoms with Crippen molar-refractivity contribution in [2.24, 2.45) is 0 Å². The van der Waals surface area contributed by atoms with Gasteiger partial charge in [0.25, 0.3) is 0 Å². The molecule has 0 bridgehead atoms. The summed E-state index contributed by atoms with van der Waals surface area (Å²) >= 11 is 0. The molecular weight excluding hydrogens is 332 g/mol. The minimum atomic E-state index is -0.931. The Kier molecular flexibility index (Phi) is 6.34. The van der Waals surface area contributed by atoms with Gasteiger partial charge in [0, 0.05) is 11.4 Å². The summed E-state index contributed by atoms with van der Waals surface area (Å²) in [4.78, 5) is 21.9. The van der Waals surface area contributed by atoms with E-state index in [1.165, 1.54) is 12.1 Å². The molecule has 6 heteroatoms. The number of anilines is 2. The van der Waals surface area contributed by atoms with Crippen LogP contribution in [0, 0.1) is 0 Å². The maximum Gasteiger partial charge on any atom is 0.343 e. The fourth-order valence-electron chi connectivity index (χ4n) is 1.90. The highest BCUT2D eigenvalue weighted by Gasteiger charge is 2.07. The Morgan fingerprint density at radius 2 is 1.15 bits per heavy atom. The number of rotatable bonds is 3. The van der Waals surface area contributed by atoms with E-state index in [0.29, 0.717) is 22.7 Å². The van der Waals surface area contributed by atoms with Crippen molar-refractivity contribution in [2.75, 3.05) is 11.5 Å². The maximum absolute atomic E-state index is 11.7. The van der Waals surface area contributed by atoms with Crippen LogP contribution in [0.25, 0.3) is 0 Å². The van der Waals surface area contributed by atoms with E-state index in [1.807, 2.05) is 18.2 Å². The number of nitrogens with two attached hydrogens (primary N) is 2. The molecule has 0 heterocycles. The van der Waals surface area contributed by atoms with E-state index < -0.39 is 5.97 Å². The van der Waals surface area contributed by atoms with Crippen LogP contribution in [0.2, 0.25) is 0 Å². The van der Waals surface area contributed by atoms with Gasteiger partial charge >= 0.3 is 11.9 Å². The number of hydrogen-bond acceptors (Lipinski definition) is 5. The zero-order valence-corrected chi connectivity index (χ0v) is 13.8. The molecular formula is C20H18N2O4. The van der Waals surface area contributed by atoms with Crippen molar-refractivity contribution >= 4 is 23.3 Å². The summed E-state index contributed by atoms with van der Waals surface area (Å²) in [7, 11) is 0. The van der Waals surface area contributed by atoms with Crippen molar-refractivity contribution in [3.8, 4) is 5.75 Å². The van der Waals surface area contributed by atoms with Crippen molar-refractivity contribution in [1.82, 2.24) is 0 Å². The number of hydrogen-bond donors (Lipinski definition) is 3. The summed E-state index contributed by atoms with van der Waals surface area (Å²) in [5.41, 5.74) is 12.8. The van der Waals surface area contributed by atoms with Gasteiger partial charge in [-0.25, -0.2) is 9.59 Å². The standard InChI is InChI=1S/C13H11NO2.C7H7NO2/c14-11-8-6-10(7-9-11)13(15)16-12-4-2-1-3-5-12;8-6-3-1-5(2-4-6)7(9)10/h1-9H,14H2;1-4H,8H2,(H,9,10). The number of carbonyl (C=O) groups is 2. The van der Waals surface area contributed by atoms with Gasteiger partial charge in [-0.2, -0.15) is 0 Å². The van der Waals surface area contributed by atoms with Gasteiger partial charge in [-0.05, 0) is 60.7 Å². The van der Waals surface area contributed by atoms with Gasteiger partial charge in [-0.3, -0.25) is 0 Å². The number of ether oxygens (including phenoxy) is 1. The van der Waals surface area contributed by atoms with Crippen molar-refractivity contribution in [3.63, 3.8) is 0 Å². The first-order chi connectivity index (χ1) is 12.5. The van der Waals surface area contributed by atoms with Gasteiger partial charge in [-0.15, -0.1) is 0 Å². The average molecular weight is 350 g/mol. The Bertz CT molecular complexity index is 861. The summed E-state index contributed by atoms with van der Waals surface area (Å²) in [6.45, 7) is 0. The Hall–Kier alpha value is -3.80. The van der Waals surface area contributed by atoms with Crippen molar-refractivity contribution in [1.29, 1.82) is 0 Å². The lowest BCUT2D eigenvalue weighted by Gasteiger charge is -2.03. The van der Waals surface area contributed by atoms with Crippen molar-refractivity contribution in [2.45, 2.75) is 0 Å². The minimum Gasteiger partial charge on any atom is -0.478 e. The molecule has 0 fully saturated rings. The smallest absolute Gasteiger partial charge is 0.343 e. The van der Waals surface area contributed by atoms with Crippen LogP contribution in [0.15, 0.2) is 78.9 Å². The second kappa shape index (κ2) is 8.89. The van der Waals surface area contributed by atoms with Crippen LogP contribution in [0.1, 0.15) is 20.7 Å². The second-order valence-corrected chi connectivity index (χ2v) is 5.25. The predicted molar refractivity (Wildman–Crippen MR) is 100 cm³/mol. The Morgan fingerprint density at radius 1 is 0.692 bits per heavy atom. The monoisotopic (exact) mass is 350 g/mol. The highest BCUT2D eigenvalue weighted by Crippen LogP contribution is 2.12. The molecule has 0 saturated heterocycles. The Labute approximate surface area is 150 Å². The number of benzene rings is 3. The van der Waals surface area contributed by atoms with E-state index in [2.05, 4.69) is 0 Å². The number of carboxylic acid groups (broad SMARTS) is 1. The van der Waals surface area contributed by atoms with Gasteiger partial charge in [0.2, 0.25) is 0 Å². The molecule has 0 amide bonds. The zero-order chi connectivity index (χ0) is 18.9. The summed E-state index contributed by atoms with van der Waals surface area (Å²) in [6, 6.07) is 21.6. The third-order valence-electron chi connectivity index (χ3n) is 3.26. The van der Waals surface area contributed by atoms with Gasteiger partial charge in [0.1, 0.15) is 5.75 Å². The van der Waals surface area contributed by atoms with Crippen LogP contribution in [0.5, 0.6) is 5.75 Å². The van der Waals surface area contributed by atoms with Crippen LogP contribution in [-0.4, -0.2) is 17.0 Å². The quantitative estimate of drug-likeness (QED) is 0.378. The summed E-state index contributed by atoms with van der Waals surface area (Å²) in [5, 5.41) is 8.43. The molecule has 5 N–H and O–H groups in total. The second-order valence-electron chi connectivity index (χ2n) is 5.25. The third kappa shape index (κ3) is 5.68. The lowest BCUT2D eigenvalue weighted by atomic mass is 10.2. The first-order valence-electron chi connectivity index (χ1n) is 7.67. The molecule has 132 valence electrons. The molecule has 0 aromatic heterocycles. The zero-order valence-electron chi connectivity index (χ0n) is 13.8. The molecule has 3 aromatic carbocycles. The van der Waals surface area contributed by atoms with Crippen molar-refractivity contribution < 1.29 is 19.4 Å². The number of para-hydroxylation sites is 1. The molecule has 0 spiro atoms. The van der Waals surface area contributed by atoms with E-state index in [0.717, 1.165) is 0 Å². The van der Waals surface area contributed by atoms with E-state index >= 15 is 0 Å².